The lowest BCUT2D eigenvalue weighted by molar-refractivity contribution is -0.126. The zero-order valence-corrected chi connectivity index (χ0v) is 14.9. The Labute approximate surface area is 145 Å². The SMILES string of the molecule is CC(C)C(CC(=O)NCC(=O)NC1CCCCC1)c1ccccc1. The van der Waals surface area contributed by atoms with Crippen molar-refractivity contribution in [3.8, 4) is 0 Å². The molecule has 1 aliphatic rings. The highest BCUT2D eigenvalue weighted by atomic mass is 16.2. The van der Waals surface area contributed by atoms with Crippen LogP contribution in [0.25, 0.3) is 0 Å². The van der Waals surface area contributed by atoms with Crippen LogP contribution in [0.1, 0.15) is 63.9 Å². The lowest BCUT2D eigenvalue weighted by Gasteiger charge is -2.23. The Balaban J connectivity index is 1.77. The molecule has 0 aliphatic heterocycles. The van der Waals surface area contributed by atoms with Gasteiger partial charge in [-0.3, -0.25) is 9.59 Å². The molecule has 2 N–H and O–H groups in total. The summed E-state index contributed by atoms with van der Waals surface area (Å²) < 4.78 is 0. The number of benzene rings is 1. The van der Waals surface area contributed by atoms with E-state index in [0.29, 0.717) is 12.3 Å². The van der Waals surface area contributed by atoms with Gasteiger partial charge in [-0.15, -0.1) is 0 Å². The monoisotopic (exact) mass is 330 g/mol. The molecule has 0 heterocycles. The molecular weight excluding hydrogens is 300 g/mol. The molecule has 1 aromatic rings. The highest BCUT2D eigenvalue weighted by Gasteiger charge is 2.20. The van der Waals surface area contributed by atoms with Crippen LogP contribution in [0, 0.1) is 5.92 Å². The number of nitrogens with one attached hydrogen (secondary N) is 2. The summed E-state index contributed by atoms with van der Waals surface area (Å²) in [6.07, 6.45) is 6.17. The standard InChI is InChI=1S/C20H30N2O2/c1-15(2)18(16-9-5-3-6-10-16)13-19(23)21-14-20(24)22-17-11-7-4-8-12-17/h3,5-6,9-10,15,17-18H,4,7-8,11-14H2,1-2H3,(H,21,23)(H,22,24). The molecule has 0 aromatic heterocycles. The van der Waals surface area contributed by atoms with Crippen molar-refractivity contribution in [1.82, 2.24) is 10.6 Å². The maximum absolute atomic E-state index is 12.2. The van der Waals surface area contributed by atoms with Crippen molar-refractivity contribution in [2.45, 2.75) is 64.3 Å². The summed E-state index contributed by atoms with van der Waals surface area (Å²) in [4.78, 5) is 24.2. The molecule has 0 bridgehead atoms. The maximum Gasteiger partial charge on any atom is 0.239 e. The van der Waals surface area contributed by atoms with Gasteiger partial charge in [-0.1, -0.05) is 63.4 Å². The zero-order valence-electron chi connectivity index (χ0n) is 14.9. The third kappa shape index (κ3) is 5.99. The fourth-order valence-electron chi connectivity index (χ4n) is 3.42. The van der Waals surface area contributed by atoms with Crippen LogP contribution in [-0.2, 0) is 9.59 Å². The Morgan fingerprint density at radius 2 is 1.71 bits per heavy atom. The summed E-state index contributed by atoms with van der Waals surface area (Å²) >= 11 is 0. The quantitative estimate of drug-likeness (QED) is 0.805. The van der Waals surface area contributed by atoms with Gasteiger partial charge in [0, 0.05) is 12.5 Å². The van der Waals surface area contributed by atoms with Crippen LogP contribution in [0.3, 0.4) is 0 Å². The second-order valence-electron chi connectivity index (χ2n) is 7.14. The first-order chi connectivity index (χ1) is 11.6. The first-order valence-electron chi connectivity index (χ1n) is 9.17. The van der Waals surface area contributed by atoms with Crippen LogP contribution < -0.4 is 10.6 Å². The minimum absolute atomic E-state index is 0.0589. The molecule has 1 aromatic carbocycles. The van der Waals surface area contributed by atoms with Crippen molar-refractivity contribution in [3.63, 3.8) is 0 Å². The summed E-state index contributed by atoms with van der Waals surface area (Å²) in [6, 6.07) is 10.4. The van der Waals surface area contributed by atoms with Crippen molar-refractivity contribution in [2.75, 3.05) is 6.54 Å². The fourth-order valence-corrected chi connectivity index (χ4v) is 3.42. The van der Waals surface area contributed by atoms with E-state index in [2.05, 4.69) is 36.6 Å². The third-order valence-electron chi connectivity index (χ3n) is 4.85. The number of amides is 2. The third-order valence-corrected chi connectivity index (χ3v) is 4.85. The van der Waals surface area contributed by atoms with Crippen LogP contribution in [0.2, 0.25) is 0 Å². The average Bonchev–Trinajstić information content (AvgIpc) is 2.59. The summed E-state index contributed by atoms with van der Waals surface area (Å²) in [5, 5.41) is 5.80. The molecule has 1 atom stereocenters. The van der Waals surface area contributed by atoms with Crippen molar-refractivity contribution < 1.29 is 9.59 Å². The van der Waals surface area contributed by atoms with Gasteiger partial charge in [0.05, 0.1) is 6.54 Å². The van der Waals surface area contributed by atoms with Crippen molar-refractivity contribution in [2.24, 2.45) is 5.92 Å². The van der Waals surface area contributed by atoms with E-state index in [1.165, 1.54) is 24.8 Å². The molecule has 1 fully saturated rings. The van der Waals surface area contributed by atoms with Gasteiger partial charge in [0.2, 0.25) is 11.8 Å². The second kappa shape index (κ2) is 9.45. The maximum atomic E-state index is 12.2. The van der Waals surface area contributed by atoms with E-state index in [-0.39, 0.29) is 30.3 Å². The van der Waals surface area contributed by atoms with Gasteiger partial charge in [0.1, 0.15) is 0 Å². The molecule has 2 amide bonds. The van der Waals surface area contributed by atoms with Gasteiger partial charge in [-0.05, 0) is 30.2 Å². The van der Waals surface area contributed by atoms with E-state index in [1.54, 1.807) is 0 Å². The van der Waals surface area contributed by atoms with Crippen molar-refractivity contribution in [3.05, 3.63) is 35.9 Å². The van der Waals surface area contributed by atoms with Crippen LogP contribution >= 0.6 is 0 Å². The minimum Gasteiger partial charge on any atom is -0.352 e. The smallest absolute Gasteiger partial charge is 0.239 e. The van der Waals surface area contributed by atoms with Gasteiger partial charge < -0.3 is 10.6 Å². The van der Waals surface area contributed by atoms with Gasteiger partial charge in [0.15, 0.2) is 0 Å². The van der Waals surface area contributed by atoms with E-state index in [4.69, 9.17) is 0 Å². The highest BCUT2D eigenvalue weighted by Crippen LogP contribution is 2.27. The second-order valence-corrected chi connectivity index (χ2v) is 7.14. The van der Waals surface area contributed by atoms with E-state index < -0.39 is 0 Å². The molecule has 24 heavy (non-hydrogen) atoms. The summed E-state index contributed by atoms with van der Waals surface area (Å²) in [5.74, 6) is 0.411. The van der Waals surface area contributed by atoms with Crippen LogP contribution in [0.5, 0.6) is 0 Å². The Morgan fingerprint density at radius 3 is 2.33 bits per heavy atom. The molecule has 2 rings (SSSR count). The predicted molar refractivity (Wildman–Crippen MR) is 96.7 cm³/mol. The first-order valence-corrected chi connectivity index (χ1v) is 9.17. The number of rotatable bonds is 7. The van der Waals surface area contributed by atoms with Gasteiger partial charge in [-0.25, -0.2) is 0 Å². The largest absolute Gasteiger partial charge is 0.352 e. The summed E-state index contributed by atoms with van der Waals surface area (Å²) in [6.45, 7) is 4.33. The predicted octanol–water partition coefficient (Wildman–Crippen LogP) is 3.38. The lowest BCUT2D eigenvalue weighted by atomic mass is 9.85. The first kappa shape index (κ1) is 18.5. The molecule has 0 radical (unpaired) electrons. The van der Waals surface area contributed by atoms with E-state index in [9.17, 15) is 9.59 Å². The lowest BCUT2D eigenvalue weighted by Crippen LogP contribution is -2.42. The number of hydrogen-bond acceptors (Lipinski definition) is 2. The minimum atomic E-state index is -0.0731. The molecule has 1 unspecified atom stereocenters. The van der Waals surface area contributed by atoms with Gasteiger partial charge in [0.25, 0.3) is 0 Å². The average molecular weight is 330 g/mol. The van der Waals surface area contributed by atoms with Crippen molar-refractivity contribution >= 4 is 11.8 Å². The molecule has 1 aliphatic carbocycles. The van der Waals surface area contributed by atoms with E-state index in [1.807, 2.05) is 18.2 Å². The summed E-state index contributed by atoms with van der Waals surface area (Å²) in [5.41, 5.74) is 1.18. The fraction of sp³-hybridized carbons (Fsp3) is 0.600. The Morgan fingerprint density at radius 1 is 1.04 bits per heavy atom. The molecule has 0 spiro atoms. The Kier molecular flexibility index (Phi) is 7.29. The molecule has 132 valence electrons. The van der Waals surface area contributed by atoms with Crippen LogP contribution in [0.4, 0.5) is 0 Å². The normalized spacial score (nSPS) is 16.6. The van der Waals surface area contributed by atoms with Crippen molar-refractivity contribution in [1.29, 1.82) is 0 Å². The highest BCUT2D eigenvalue weighted by molar-refractivity contribution is 5.85. The molecule has 4 nitrogen and oxygen atoms in total. The number of hydrogen-bond donors (Lipinski definition) is 2. The zero-order chi connectivity index (χ0) is 17.4. The molecule has 0 saturated heterocycles. The molecule has 4 heteroatoms. The topological polar surface area (TPSA) is 58.2 Å². The Hall–Kier alpha value is -1.84. The van der Waals surface area contributed by atoms with Crippen LogP contribution in [-0.4, -0.2) is 24.4 Å². The summed E-state index contributed by atoms with van der Waals surface area (Å²) in [7, 11) is 0. The number of carbonyl (C=O) groups excluding carboxylic acids is 2. The molecular formula is C20H30N2O2. The molecule has 1 saturated carbocycles. The van der Waals surface area contributed by atoms with Crippen LogP contribution in [0.15, 0.2) is 30.3 Å². The number of carbonyl (C=O) groups is 2. The van der Waals surface area contributed by atoms with E-state index >= 15 is 0 Å². The van der Waals surface area contributed by atoms with E-state index in [0.717, 1.165) is 12.8 Å². The van der Waals surface area contributed by atoms with Gasteiger partial charge >= 0.3 is 0 Å². The Bertz CT molecular complexity index is 522. The van der Waals surface area contributed by atoms with Gasteiger partial charge in [-0.2, -0.15) is 0 Å².